The van der Waals surface area contributed by atoms with Gasteiger partial charge in [0.1, 0.15) is 6.04 Å². The van der Waals surface area contributed by atoms with E-state index in [0.717, 1.165) is 22.3 Å². The number of rotatable bonds is 3. The first kappa shape index (κ1) is 12.7. The topological polar surface area (TPSA) is 81.6 Å². The summed E-state index contributed by atoms with van der Waals surface area (Å²) in [6.07, 6.45) is 1.69. The Morgan fingerprint density at radius 2 is 2.10 bits per heavy atom. The first-order chi connectivity index (χ1) is 9.70. The zero-order valence-electron chi connectivity index (χ0n) is 11.4. The largest absolute Gasteiger partial charge is 0.270 e. The Balaban J connectivity index is 2.15. The van der Waals surface area contributed by atoms with E-state index in [9.17, 15) is 0 Å². The van der Waals surface area contributed by atoms with Crippen LogP contribution in [0.15, 0.2) is 36.5 Å². The Labute approximate surface area is 116 Å². The maximum Gasteiger partial charge on any atom is 0.106 e. The molecule has 1 unspecified atom stereocenters. The van der Waals surface area contributed by atoms with Crippen LogP contribution in [-0.4, -0.2) is 20.0 Å². The second-order valence-corrected chi connectivity index (χ2v) is 4.76. The SMILES string of the molecule is Cc1cc(C(NN)c2cnnn2C)nc2ccccc12. The molecule has 0 spiro atoms. The normalized spacial score (nSPS) is 12.8. The highest BCUT2D eigenvalue weighted by molar-refractivity contribution is 5.82. The minimum absolute atomic E-state index is 0.238. The van der Waals surface area contributed by atoms with Gasteiger partial charge in [0.05, 0.1) is 23.1 Å². The Bertz CT molecular complexity index is 748. The molecule has 6 heteroatoms. The van der Waals surface area contributed by atoms with Crippen molar-refractivity contribution in [3.63, 3.8) is 0 Å². The molecule has 3 aromatic rings. The molecule has 0 aliphatic rings. The van der Waals surface area contributed by atoms with E-state index in [1.165, 1.54) is 5.56 Å². The molecule has 3 rings (SSSR count). The molecule has 0 saturated carbocycles. The van der Waals surface area contributed by atoms with Gasteiger partial charge in [0.2, 0.25) is 0 Å². The summed E-state index contributed by atoms with van der Waals surface area (Å²) in [6.45, 7) is 2.07. The first-order valence-corrected chi connectivity index (χ1v) is 6.37. The predicted octanol–water partition coefficient (Wildman–Crippen LogP) is 1.22. The lowest BCUT2D eigenvalue weighted by molar-refractivity contribution is 0.561. The number of aromatic nitrogens is 4. The van der Waals surface area contributed by atoms with Gasteiger partial charge in [-0.25, -0.2) is 5.43 Å². The third-order valence-electron chi connectivity index (χ3n) is 3.45. The lowest BCUT2D eigenvalue weighted by Crippen LogP contribution is -2.31. The summed E-state index contributed by atoms with van der Waals surface area (Å²) in [5.41, 5.74) is 6.64. The average molecular weight is 268 g/mol. The number of aryl methyl sites for hydroxylation is 2. The molecule has 1 atom stereocenters. The number of para-hydroxylation sites is 1. The van der Waals surface area contributed by atoms with Crippen molar-refractivity contribution in [1.29, 1.82) is 0 Å². The molecule has 102 valence electrons. The van der Waals surface area contributed by atoms with Gasteiger partial charge in [-0.1, -0.05) is 23.4 Å². The number of hydrogen-bond donors (Lipinski definition) is 2. The molecule has 0 bridgehead atoms. The van der Waals surface area contributed by atoms with Crippen molar-refractivity contribution in [3.05, 3.63) is 53.5 Å². The fourth-order valence-electron chi connectivity index (χ4n) is 2.40. The smallest absolute Gasteiger partial charge is 0.106 e. The average Bonchev–Trinajstić information content (AvgIpc) is 2.86. The van der Waals surface area contributed by atoms with Crippen LogP contribution >= 0.6 is 0 Å². The van der Waals surface area contributed by atoms with E-state index in [2.05, 4.69) is 28.7 Å². The number of nitrogens with two attached hydrogens (primary N) is 1. The van der Waals surface area contributed by atoms with Gasteiger partial charge < -0.3 is 0 Å². The van der Waals surface area contributed by atoms with Gasteiger partial charge in [-0.2, -0.15) is 0 Å². The second-order valence-electron chi connectivity index (χ2n) is 4.76. The molecular formula is C14H16N6. The molecule has 0 aliphatic carbocycles. The third kappa shape index (κ3) is 2.04. The zero-order chi connectivity index (χ0) is 14.1. The molecule has 0 aliphatic heterocycles. The summed E-state index contributed by atoms with van der Waals surface area (Å²) >= 11 is 0. The van der Waals surface area contributed by atoms with Crippen LogP contribution in [0.1, 0.15) is 23.0 Å². The number of benzene rings is 1. The Morgan fingerprint density at radius 3 is 2.80 bits per heavy atom. The lowest BCUT2D eigenvalue weighted by Gasteiger charge is -2.16. The number of nitrogens with one attached hydrogen (secondary N) is 1. The standard InChI is InChI=1S/C14H16N6/c1-9-7-12(17-11-6-4-3-5-10(9)11)14(18-15)13-8-16-19-20(13)2/h3-8,14,18H,15H2,1-2H3. The van der Waals surface area contributed by atoms with Crippen LogP contribution in [0, 0.1) is 6.92 Å². The lowest BCUT2D eigenvalue weighted by atomic mass is 10.0. The number of fused-ring (bicyclic) bond motifs is 1. The molecular weight excluding hydrogens is 252 g/mol. The fraction of sp³-hybridized carbons (Fsp3) is 0.214. The van der Waals surface area contributed by atoms with Crippen LogP contribution in [0.2, 0.25) is 0 Å². The van der Waals surface area contributed by atoms with Crippen LogP contribution in [0.5, 0.6) is 0 Å². The van der Waals surface area contributed by atoms with E-state index < -0.39 is 0 Å². The maximum absolute atomic E-state index is 5.70. The van der Waals surface area contributed by atoms with Crippen molar-refractivity contribution in [2.45, 2.75) is 13.0 Å². The molecule has 20 heavy (non-hydrogen) atoms. The van der Waals surface area contributed by atoms with Crippen molar-refractivity contribution in [3.8, 4) is 0 Å². The van der Waals surface area contributed by atoms with E-state index in [0.29, 0.717) is 0 Å². The number of hydrogen-bond acceptors (Lipinski definition) is 5. The number of hydrazine groups is 1. The molecule has 6 nitrogen and oxygen atoms in total. The molecule has 1 aromatic carbocycles. The van der Waals surface area contributed by atoms with Gasteiger partial charge in [0, 0.05) is 12.4 Å². The van der Waals surface area contributed by atoms with Crippen LogP contribution in [0.25, 0.3) is 10.9 Å². The van der Waals surface area contributed by atoms with Crippen molar-refractivity contribution in [2.75, 3.05) is 0 Å². The summed E-state index contributed by atoms with van der Waals surface area (Å²) in [7, 11) is 1.83. The highest BCUT2D eigenvalue weighted by Gasteiger charge is 2.19. The summed E-state index contributed by atoms with van der Waals surface area (Å²) < 4.78 is 1.69. The van der Waals surface area contributed by atoms with E-state index in [1.807, 2.05) is 31.3 Å². The van der Waals surface area contributed by atoms with Gasteiger partial charge >= 0.3 is 0 Å². The summed E-state index contributed by atoms with van der Waals surface area (Å²) in [4.78, 5) is 4.69. The molecule has 0 amide bonds. The number of nitrogens with zero attached hydrogens (tertiary/aromatic N) is 4. The minimum atomic E-state index is -0.238. The molecule has 2 heterocycles. The van der Waals surface area contributed by atoms with Crippen LogP contribution in [0.3, 0.4) is 0 Å². The van der Waals surface area contributed by atoms with E-state index in [4.69, 9.17) is 10.8 Å². The fourth-order valence-corrected chi connectivity index (χ4v) is 2.40. The van der Waals surface area contributed by atoms with Gasteiger partial charge in [0.15, 0.2) is 0 Å². The highest BCUT2D eigenvalue weighted by atomic mass is 15.4. The van der Waals surface area contributed by atoms with Crippen molar-refractivity contribution < 1.29 is 0 Å². The van der Waals surface area contributed by atoms with Gasteiger partial charge in [0.25, 0.3) is 0 Å². The Hall–Kier alpha value is -2.31. The molecule has 0 saturated heterocycles. The van der Waals surface area contributed by atoms with Crippen molar-refractivity contribution in [1.82, 2.24) is 25.4 Å². The monoisotopic (exact) mass is 268 g/mol. The zero-order valence-corrected chi connectivity index (χ0v) is 11.4. The van der Waals surface area contributed by atoms with E-state index in [-0.39, 0.29) is 6.04 Å². The van der Waals surface area contributed by atoms with Crippen molar-refractivity contribution >= 4 is 10.9 Å². The van der Waals surface area contributed by atoms with Crippen LogP contribution in [0.4, 0.5) is 0 Å². The third-order valence-corrected chi connectivity index (χ3v) is 3.45. The summed E-state index contributed by atoms with van der Waals surface area (Å²) in [5.74, 6) is 5.70. The molecule has 0 radical (unpaired) electrons. The van der Waals surface area contributed by atoms with Gasteiger partial charge in [-0.3, -0.25) is 15.5 Å². The maximum atomic E-state index is 5.70. The first-order valence-electron chi connectivity index (χ1n) is 6.37. The van der Waals surface area contributed by atoms with Gasteiger partial charge in [-0.15, -0.1) is 5.10 Å². The van der Waals surface area contributed by atoms with Crippen LogP contribution in [-0.2, 0) is 7.05 Å². The Kier molecular flexibility index (Phi) is 3.17. The van der Waals surface area contributed by atoms with Crippen LogP contribution < -0.4 is 11.3 Å². The number of pyridine rings is 1. The minimum Gasteiger partial charge on any atom is -0.270 e. The summed E-state index contributed by atoms with van der Waals surface area (Å²) in [5, 5.41) is 8.98. The Morgan fingerprint density at radius 1 is 1.30 bits per heavy atom. The van der Waals surface area contributed by atoms with E-state index >= 15 is 0 Å². The molecule has 3 N–H and O–H groups in total. The van der Waals surface area contributed by atoms with E-state index in [1.54, 1.807) is 10.9 Å². The molecule has 0 fully saturated rings. The highest BCUT2D eigenvalue weighted by Crippen LogP contribution is 2.24. The quantitative estimate of drug-likeness (QED) is 0.551. The van der Waals surface area contributed by atoms with Gasteiger partial charge in [-0.05, 0) is 24.6 Å². The van der Waals surface area contributed by atoms with Crippen molar-refractivity contribution in [2.24, 2.45) is 12.9 Å². The summed E-state index contributed by atoms with van der Waals surface area (Å²) in [6, 6.07) is 9.87. The molecule has 2 aromatic heterocycles. The predicted molar refractivity (Wildman–Crippen MR) is 76.6 cm³/mol. The second kappa shape index (κ2) is 4.99.